The van der Waals surface area contributed by atoms with Gasteiger partial charge in [-0.05, 0) is 29.3 Å². The molecular formula is C13H11FN4S. The van der Waals surface area contributed by atoms with E-state index in [9.17, 15) is 4.39 Å². The number of rotatable bonds is 3. The number of hydrogen-bond donors (Lipinski definition) is 1. The largest absolute Gasteiger partial charge is 0.326 e. The summed E-state index contributed by atoms with van der Waals surface area (Å²) in [6.07, 6.45) is 3.51. The lowest BCUT2D eigenvalue weighted by Gasteiger charge is -2.02. The van der Waals surface area contributed by atoms with E-state index in [4.69, 9.17) is 5.73 Å². The van der Waals surface area contributed by atoms with Crippen molar-refractivity contribution >= 4 is 11.3 Å². The molecule has 0 aliphatic rings. The van der Waals surface area contributed by atoms with Crippen LogP contribution < -0.4 is 5.73 Å². The number of thiazole rings is 1. The molecule has 0 amide bonds. The summed E-state index contributed by atoms with van der Waals surface area (Å²) in [5.74, 6) is 0.464. The van der Waals surface area contributed by atoms with Gasteiger partial charge in [0.05, 0.1) is 11.7 Å². The Morgan fingerprint density at radius 2 is 2.16 bits per heavy atom. The van der Waals surface area contributed by atoms with Crippen LogP contribution in [0, 0.1) is 5.82 Å². The fourth-order valence-electron chi connectivity index (χ4n) is 1.85. The van der Waals surface area contributed by atoms with E-state index in [1.165, 1.54) is 23.5 Å². The first kappa shape index (κ1) is 12.0. The summed E-state index contributed by atoms with van der Waals surface area (Å²) in [6, 6.07) is 4.78. The number of halogens is 1. The zero-order chi connectivity index (χ0) is 13.2. The van der Waals surface area contributed by atoms with Crippen molar-refractivity contribution in [1.29, 1.82) is 0 Å². The second-order valence-electron chi connectivity index (χ2n) is 4.07. The summed E-state index contributed by atoms with van der Waals surface area (Å²) in [5.41, 5.74) is 9.66. The minimum absolute atomic E-state index is 0.292. The molecule has 0 fully saturated rings. The van der Waals surface area contributed by atoms with E-state index in [0.29, 0.717) is 6.54 Å². The summed E-state index contributed by atoms with van der Waals surface area (Å²) >= 11 is 1.50. The summed E-state index contributed by atoms with van der Waals surface area (Å²) in [4.78, 5) is 4.17. The molecule has 96 valence electrons. The van der Waals surface area contributed by atoms with Gasteiger partial charge in [0, 0.05) is 23.7 Å². The third kappa shape index (κ3) is 2.40. The molecule has 0 aliphatic heterocycles. The zero-order valence-corrected chi connectivity index (χ0v) is 10.8. The molecule has 0 atom stereocenters. The molecular weight excluding hydrogens is 263 g/mol. The van der Waals surface area contributed by atoms with Crippen LogP contribution in [0.1, 0.15) is 5.56 Å². The highest BCUT2D eigenvalue weighted by atomic mass is 32.1. The maximum atomic E-state index is 13.5. The van der Waals surface area contributed by atoms with Crippen LogP contribution in [0.5, 0.6) is 0 Å². The minimum Gasteiger partial charge on any atom is -0.326 e. The Kier molecular flexibility index (Phi) is 3.10. The van der Waals surface area contributed by atoms with Gasteiger partial charge in [-0.3, -0.25) is 0 Å². The quantitative estimate of drug-likeness (QED) is 0.798. The van der Waals surface area contributed by atoms with Gasteiger partial charge in [-0.1, -0.05) is 0 Å². The molecule has 3 aromatic rings. The van der Waals surface area contributed by atoms with Gasteiger partial charge < -0.3 is 5.73 Å². The first-order valence-electron chi connectivity index (χ1n) is 5.69. The molecule has 0 unspecified atom stereocenters. The van der Waals surface area contributed by atoms with Crippen molar-refractivity contribution in [3.05, 3.63) is 52.9 Å². The highest BCUT2D eigenvalue weighted by Crippen LogP contribution is 2.22. The second-order valence-corrected chi connectivity index (χ2v) is 4.79. The van der Waals surface area contributed by atoms with Crippen molar-refractivity contribution in [3.8, 4) is 16.9 Å². The third-order valence-corrected chi connectivity index (χ3v) is 3.34. The maximum absolute atomic E-state index is 13.5. The Labute approximate surface area is 113 Å². The Balaban J connectivity index is 2.01. The molecule has 4 nitrogen and oxygen atoms in total. The van der Waals surface area contributed by atoms with Crippen LogP contribution in [0.25, 0.3) is 16.9 Å². The van der Waals surface area contributed by atoms with Crippen LogP contribution in [0.3, 0.4) is 0 Å². The smallest absolute Gasteiger partial charge is 0.164 e. The predicted molar refractivity (Wildman–Crippen MR) is 72.5 cm³/mol. The summed E-state index contributed by atoms with van der Waals surface area (Å²) in [7, 11) is 0. The van der Waals surface area contributed by atoms with Crippen LogP contribution in [-0.2, 0) is 6.54 Å². The molecule has 0 spiro atoms. The van der Waals surface area contributed by atoms with Crippen LogP contribution >= 0.6 is 11.3 Å². The van der Waals surface area contributed by atoms with Crippen molar-refractivity contribution in [2.24, 2.45) is 5.73 Å². The predicted octanol–water partition coefficient (Wildman–Crippen LogP) is 2.59. The molecule has 0 saturated heterocycles. The van der Waals surface area contributed by atoms with E-state index in [1.54, 1.807) is 16.4 Å². The molecule has 0 aliphatic carbocycles. The van der Waals surface area contributed by atoms with Crippen LogP contribution in [-0.4, -0.2) is 14.8 Å². The Morgan fingerprint density at radius 3 is 2.89 bits per heavy atom. The number of hydrogen-bond acceptors (Lipinski definition) is 4. The number of nitrogens with zero attached hydrogens (tertiary/aromatic N) is 3. The summed E-state index contributed by atoms with van der Waals surface area (Å²) in [5, 5.41) is 6.12. The van der Waals surface area contributed by atoms with Gasteiger partial charge in [-0.15, -0.1) is 11.3 Å². The molecule has 1 aromatic carbocycles. The van der Waals surface area contributed by atoms with E-state index in [0.717, 1.165) is 22.5 Å². The Bertz CT molecular complexity index is 690. The Hall–Kier alpha value is -2.05. The molecule has 0 saturated carbocycles. The molecule has 3 rings (SSSR count). The van der Waals surface area contributed by atoms with E-state index in [-0.39, 0.29) is 5.82 Å². The van der Waals surface area contributed by atoms with Gasteiger partial charge in [-0.25, -0.2) is 14.1 Å². The number of aromatic nitrogens is 3. The standard InChI is InChI=1S/C13H11FN4S/c14-12-2-9(4-15)1-10(3-12)11-5-17-18(6-11)13-7-19-8-16-13/h1-3,5-8H,4,15H2. The van der Waals surface area contributed by atoms with Crippen molar-refractivity contribution in [3.63, 3.8) is 0 Å². The van der Waals surface area contributed by atoms with Gasteiger partial charge in [0.25, 0.3) is 0 Å². The van der Waals surface area contributed by atoms with Crippen molar-refractivity contribution < 1.29 is 4.39 Å². The van der Waals surface area contributed by atoms with Gasteiger partial charge >= 0.3 is 0 Å². The van der Waals surface area contributed by atoms with Crippen LogP contribution in [0.2, 0.25) is 0 Å². The highest BCUT2D eigenvalue weighted by Gasteiger charge is 2.07. The average Bonchev–Trinajstić information content (AvgIpc) is 3.08. The maximum Gasteiger partial charge on any atom is 0.164 e. The molecule has 0 radical (unpaired) electrons. The molecule has 0 bridgehead atoms. The first-order valence-corrected chi connectivity index (χ1v) is 6.63. The monoisotopic (exact) mass is 274 g/mol. The lowest BCUT2D eigenvalue weighted by molar-refractivity contribution is 0.626. The summed E-state index contributed by atoms with van der Waals surface area (Å²) in [6.45, 7) is 0.310. The Morgan fingerprint density at radius 1 is 1.26 bits per heavy atom. The van der Waals surface area contributed by atoms with E-state index >= 15 is 0 Å². The molecule has 2 N–H and O–H groups in total. The minimum atomic E-state index is -0.292. The number of nitrogens with two attached hydrogens (primary N) is 1. The fraction of sp³-hybridized carbons (Fsp3) is 0.0769. The average molecular weight is 274 g/mol. The van der Waals surface area contributed by atoms with Crippen molar-refractivity contribution in [2.45, 2.75) is 6.54 Å². The third-order valence-electron chi connectivity index (χ3n) is 2.76. The van der Waals surface area contributed by atoms with Gasteiger partial charge in [0.1, 0.15) is 5.82 Å². The first-order chi connectivity index (χ1) is 9.26. The zero-order valence-electron chi connectivity index (χ0n) is 9.95. The molecule has 6 heteroatoms. The normalized spacial score (nSPS) is 10.8. The van der Waals surface area contributed by atoms with Gasteiger partial charge in [0.2, 0.25) is 0 Å². The lowest BCUT2D eigenvalue weighted by atomic mass is 10.1. The van der Waals surface area contributed by atoms with Crippen molar-refractivity contribution in [2.75, 3.05) is 0 Å². The van der Waals surface area contributed by atoms with Crippen molar-refractivity contribution in [1.82, 2.24) is 14.8 Å². The molecule has 2 heterocycles. The fourth-order valence-corrected chi connectivity index (χ4v) is 2.37. The van der Waals surface area contributed by atoms with E-state index < -0.39 is 0 Å². The summed E-state index contributed by atoms with van der Waals surface area (Å²) < 4.78 is 15.2. The number of benzene rings is 1. The second kappa shape index (κ2) is 4.91. The van der Waals surface area contributed by atoms with Gasteiger partial charge in [0.15, 0.2) is 5.82 Å². The highest BCUT2D eigenvalue weighted by molar-refractivity contribution is 7.07. The SMILES string of the molecule is NCc1cc(F)cc(-c2cnn(-c3cscn3)c2)c1. The van der Waals surface area contributed by atoms with Crippen LogP contribution in [0.15, 0.2) is 41.5 Å². The molecule has 19 heavy (non-hydrogen) atoms. The van der Waals surface area contributed by atoms with Crippen LogP contribution in [0.4, 0.5) is 4.39 Å². The molecule has 2 aromatic heterocycles. The van der Waals surface area contributed by atoms with Gasteiger partial charge in [-0.2, -0.15) is 5.10 Å². The topological polar surface area (TPSA) is 56.7 Å². The lowest BCUT2D eigenvalue weighted by Crippen LogP contribution is -1.97. The van der Waals surface area contributed by atoms with E-state index in [1.807, 2.05) is 17.6 Å². The van der Waals surface area contributed by atoms with E-state index in [2.05, 4.69) is 10.1 Å².